The van der Waals surface area contributed by atoms with Crippen LogP contribution in [-0.2, 0) is 0 Å². The van der Waals surface area contributed by atoms with E-state index in [0.717, 1.165) is 57.5 Å². The molecule has 0 aliphatic carbocycles. The summed E-state index contributed by atoms with van der Waals surface area (Å²) in [5.74, 6) is 0.576. The average Bonchev–Trinajstić information content (AvgIpc) is 2.62. The van der Waals surface area contributed by atoms with E-state index >= 15 is 0 Å². The smallest absolute Gasteiger partial charge is 0.270 e. The number of amides is 1. The predicted molar refractivity (Wildman–Crippen MR) is 93.5 cm³/mol. The molecular weight excluding hydrogens is 306 g/mol. The monoisotopic (exact) mass is 331 g/mol. The molecule has 24 heavy (non-hydrogen) atoms. The third kappa shape index (κ3) is 3.52. The number of hydrogen-bond donors (Lipinski definition) is 0. The van der Waals surface area contributed by atoms with E-state index in [0.29, 0.717) is 11.5 Å². The highest BCUT2D eigenvalue weighted by Gasteiger charge is 2.27. The van der Waals surface area contributed by atoms with E-state index < -0.39 is 4.92 Å². The van der Waals surface area contributed by atoms with Gasteiger partial charge in [-0.25, -0.2) is 0 Å². The number of nitro benzene ring substituents is 1. The van der Waals surface area contributed by atoms with Crippen LogP contribution in [0.2, 0.25) is 0 Å². The van der Waals surface area contributed by atoms with E-state index in [1.165, 1.54) is 18.6 Å². The van der Waals surface area contributed by atoms with Crippen molar-refractivity contribution in [2.45, 2.75) is 39.0 Å². The summed E-state index contributed by atoms with van der Waals surface area (Å²) in [4.78, 5) is 27.8. The Morgan fingerprint density at radius 3 is 2.42 bits per heavy atom. The molecule has 130 valence electrons. The summed E-state index contributed by atoms with van der Waals surface area (Å²) in [6.45, 7) is 5.50. The van der Waals surface area contributed by atoms with Crippen LogP contribution >= 0.6 is 0 Å². The first-order valence-electron chi connectivity index (χ1n) is 8.89. The molecule has 1 amide bonds. The van der Waals surface area contributed by atoms with Crippen LogP contribution in [-0.4, -0.2) is 41.9 Å². The fraction of sp³-hybridized carbons (Fsp3) is 0.611. The second-order valence-electron chi connectivity index (χ2n) is 6.98. The molecule has 0 unspecified atom stereocenters. The van der Waals surface area contributed by atoms with Crippen molar-refractivity contribution in [3.05, 3.63) is 33.9 Å². The molecule has 2 aliphatic rings. The zero-order chi connectivity index (χ0) is 17.1. The van der Waals surface area contributed by atoms with Gasteiger partial charge in [0.1, 0.15) is 0 Å². The number of rotatable bonds is 3. The van der Waals surface area contributed by atoms with Gasteiger partial charge in [-0.05, 0) is 44.1 Å². The van der Waals surface area contributed by atoms with Gasteiger partial charge in [-0.15, -0.1) is 0 Å². The van der Waals surface area contributed by atoms with E-state index in [9.17, 15) is 14.9 Å². The van der Waals surface area contributed by atoms with Crippen molar-refractivity contribution in [1.82, 2.24) is 4.90 Å². The number of nitro groups is 1. The molecule has 2 fully saturated rings. The van der Waals surface area contributed by atoms with E-state index in [2.05, 4.69) is 11.8 Å². The fourth-order valence-corrected chi connectivity index (χ4v) is 3.60. The quantitative estimate of drug-likeness (QED) is 0.628. The van der Waals surface area contributed by atoms with Gasteiger partial charge in [0.05, 0.1) is 16.2 Å². The van der Waals surface area contributed by atoms with Crippen molar-refractivity contribution in [2.24, 2.45) is 5.92 Å². The van der Waals surface area contributed by atoms with Crippen molar-refractivity contribution in [1.29, 1.82) is 0 Å². The largest absolute Gasteiger partial charge is 0.371 e. The molecule has 1 aromatic rings. The van der Waals surface area contributed by atoms with E-state index in [1.807, 2.05) is 4.90 Å². The van der Waals surface area contributed by atoms with Gasteiger partial charge >= 0.3 is 0 Å². The van der Waals surface area contributed by atoms with E-state index in [1.54, 1.807) is 6.07 Å². The van der Waals surface area contributed by atoms with Gasteiger partial charge in [-0.3, -0.25) is 14.9 Å². The van der Waals surface area contributed by atoms with Gasteiger partial charge < -0.3 is 9.80 Å². The fourth-order valence-electron chi connectivity index (χ4n) is 3.60. The first-order chi connectivity index (χ1) is 11.6. The minimum absolute atomic E-state index is 0.00973. The molecule has 0 N–H and O–H groups in total. The van der Waals surface area contributed by atoms with Crippen LogP contribution < -0.4 is 4.90 Å². The third-order valence-electron chi connectivity index (χ3n) is 5.19. The van der Waals surface area contributed by atoms with Gasteiger partial charge in [0.25, 0.3) is 11.6 Å². The maximum absolute atomic E-state index is 13.0. The number of likely N-dealkylation sites (tertiary alicyclic amines) is 1. The van der Waals surface area contributed by atoms with Gasteiger partial charge in [0.15, 0.2) is 0 Å². The summed E-state index contributed by atoms with van der Waals surface area (Å²) in [5.41, 5.74) is 1.33. The van der Waals surface area contributed by atoms with Crippen LogP contribution in [0, 0.1) is 16.0 Å². The molecule has 6 nitrogen and oxygen atoms in total. The highest BCUT2D eigenvalue weighted by atomic mass is 16.6. The van der Waals surface area contributed by atoms with Crippen molar-refractivity contribution in [2.75, 3.05) is 31.1 Å². The molecule has 0 saturated carbocycles. The number of carbonyl (C=O) groups is 1. The SMILES string of the molecule is CC1CCN(C(=O)c2cc([N+](=O)[O-])ccc2N2CCCCC2)CC1. The van der Waals surface area contributed by atoms with Crippen LogP contribution in [0.5, 0.6) is 0 Å². The van der Waals surface area contributed by atoms with Crippen LogP contribution in [0.3, 0.4) is 0 Å². The van der Waals surface area contributed by atoms with Crippen molar-refractivity contribution < 1.29 is 9.72 Å². The second kappa shape index (κ2) is 7.20. The molecule has 6 heteroatoms. The number of benzene rings is 1. The predicted octanol–water partition coefficient (Wildman–Crippen LogP) is 3.46. The summed E-state index contributed by atoms with van der Waals surface area (Å²) in [6.07, 6.45) is 5.41. The Balaban J connectivity index is 1.91. The molecule has 2 aliphatic heterocycles. The molecule has 3 rings (SSSR count). The molecule has 0 aromatic heterocycles. The molecule has 0 bridgehead atoms. The summed E-state index contributed by atoms with van der Waals surface area (Å²) in [5, 5.41) is 11.1. The van der Waals surface area contributed by atoms with Gasteiger partial charge in [0, 0.05) is 38.3 Å². The van der Waals surface area contributed by atoms with E-state index in [-0.39, 0.29) is 11.6 Å². The molecule has 2 heterocycles. The number of non-ortho nitro benzene ring substituents is 1. The Labute approximate surface area is 142 Å². The molecule has 0 radical (unpaired) electrons. The van der Waals surface area contributed by atoms with Crippen molar-refractivity contribution in [3.63, 3.8) is 0 Å². The maximum Gasteiger partial charge on any atom is 0.270 e. The lowest BCUT2D eigenvalue weighted by atomic mass is 9.98. The molecule has 2 saturated heterocycles. The van der Waals surface area contributed by atoms with Gasteiger partial charge in [-0.1, -0.05) is 6.92 Å². The normalized spacial score (nSPS) is 19.4. The molecule has 1 aromatic carbocycles. The molecule has 0 atom stereocenters. The Hall–Kier alpha value is -2.11. The van der Waals surface area contributed by atoms with E-state index in [4.69, 9.17) is 0 Å². The number of carbonyl (C=O) groups excluding carboxylic acids is 1. The summed E-state index contributed by atoms with van der Waals surface area (Å²) >= 11 is 0. The maximum atomic E-state index is 13.0. The van der Waals surface area contributed by atoms with Gasteiger partial charge in [-0.2, -0.15) is 0 Å². The van der Waals surface area contributed by atoms with Crippen LogP contribution in [0.4, 0.5) is 11.4 Å². The highest BCUT2D eigenvalue weighted by Crippen LogP contribution is 2.30. The molecular formula is C18H25N3O3. The van der Waals surface area contributed by atoms with Gasteiger partial charge in [0.2, 0.25) is 0 Å². The number of hydrogen-bond acceptors (Lipinski definition) is 4. The van der Waals surface area contributed by atoms with Crippen LogP contribution in [0.25, 0.3) is 0 Å². The van der Waals surface area contributed by atoms with Crippen molar-refractivity contribution >= 4 is 17.3 Å². The number of nitrogens with zero attached hydrogens (tertiary/aromatic N) is 3. The summed E-state index contributed by atoms with van der Waals surface area (Å²) in [6, 6.07) is 4.73. The highest BCUT2D eigenvalue weighted by molar-refractivity contribution is 6.00. The van der Waals surface area contributed by atoms with Crippen molar-refractivity contribution in [3.8, 4) is 0 Å². The summed E-state index contributed by atoms with van der Waals surface area (Å²) < 4.78 is 0. The Kier molecular flexibility index (Phi) is 5.02. The Bertz CT molecular complexity index is 618. The topological polar surface area (TPSA) is 66.7 Å². The molecule has 0 spiro atoms. The minimum Gasteiger partial charge on any atom is -0.371 e. The third-order valence-corrected chi connectivity index (χ3v) is 5.19. The standard InChI is InChI=1S/C18H25N3O3/c1-14-7-11-20(12-8-14)18(22)16-13-15(21(23)24)5-6-17(16)19-9-3-2-4-10-19/h5-6,13-14H,2-4,7-12H2,1H3. The van der Waals surface area contributed by atoms with Crippen LogP contribution in [0.1, 0.15) is 49.4 Å². The Morgan fingerprint density at radius 1 is 1.12 bits per heavy atom. The zero-order valence-electron chi connectivity index (χ0n) is 14.2. The Morgan fingerprint density at radius 2 is 1.79 bits per heavy atom. The average molecular weight is 331 g/mol. The first-order valence-corrected chi connectivity index (χ1v) is 8.89. The lowest BCUT2D eigenvalue weighted by Gasteiger charge is -2.33. The number of piperidine rings is 2. The number of anilines is 1. The second-order valence-corrected chi connectivity index (χ2v) is 6.98. The van der Waals surface area contributed by atoms with Crippen LogP contribution in [0.15, 0.2) is 18.2 Å². The lowest BCUT2D eigenvalue weighted by Crippen LogP contribution is -2.39. The first kappa shape index (κ1) is 16.7. The summed E-state index contributed by atoms with van der Waals surface area (Å²) in [7, 11) is 0. The minimum atomic E-state index is -0.422. The lowest BCUT2D eigenvalue weighted by molar-refractivity contribution is -0.384. The zero-order valence-corrected chi connectivity index (χ0v) is 14.2.